The number of carboxylic acids is 1. The molecular formula is C16H16N2O2. The SMILES string of the molecule is C=C/C=c1/c(N)cn(-c2ccc(C(=O)O)cc2)/c1=C/C. The molecule has 20 heavy (non-hydrogen) atoms. The second kappa shape index (κ2) is 5.48. The summed E-state index contributed by atoms with van der Waals surface area (Å²) in [7, 11) is 0. The highest BCUT2D eigenvalue weighted by molar-refractivity contribution is 5.87. The number of hydrogen-bond acceptors (Lipinski definition) is 2. The van der Waals surface area contributed by atoms with Gasteiger partial charge in [0.2, 0.25) is 0 Å². The second-order valence-electron chi connectivity index (χ2n) is 4.30. The number of benzene rings is 1. The largest absolute Gasteiger partial charge is 0.478 e. The smallest absolute Gasteiger partial charge is 0.335 e. The summed E-state index contributed by atoms with van der Waals surface area (Å²) in [5.74, 6) is -0.938. The molecule has 0 aliphatic rings. The van der Waals surface area contributed by atoms with E-state index in [9.17, 15) is 4.79 Å². The van der Waals surface area contributed by atoms with Crippen LogP contribution < -0.4 is 16.3 Å². The average Bonchev–Trinajstić information content (AvgIpc) is 2.76. The third kappa shape index (κ3) is 2.36. The Morgan fingerprint density at radius 2 is 2.00 bits per heavy atom. The van der Waals surface area contributed by atoms with Crippen molar-refractivity contribution in [1.82, 2.24) is 4.57 Å². The summed E-state index contributed by atoms with van der Waals surface area (Å²) in [4.78, 5) is 10.9. The van der Waals surface area contributed by atoms with Crippen LogP contribution in [0.4, 0.5) is 5.69 Å². The summed E-state index contributed by atoms with van der Waals surface area (Å²) < 4.78 is 1.93. The minimum absolute atomic E-state index is 0.258. The fourth-order valence-corrected chi connectivity index (χ4v) is 2.13. The van der Waals surface area contributed by atoms with Crippen LogP contribution >= 0.6 is 0 Å². The van der Waals surface area contributed by atoms with Crippen molar-refractivity contribution in [2.75, 3.05) is 5.73 Å². The van der Waals surface area contributed by atoms with Gasteiger partial charge in [-0.25, -0.2) is 4.79 Å². The van der Waals surface area contributed by atoms with Crippen LogP contribution in [0.15, 0.2) is 43.1 Å². The number of rotatable bonds is 3. The van der Waals surface area contributed by atoms with Gasteiger partial charge >= 0.3 is 5.97 Å². The lowest BCUT2D eigenvalue weighted by molar-refractivity contribution is 0.0697. The zero-order valence-corrected chi connectivity index (χ0v) is 11.2. The molecule has 4 nitrogen and oxygen atoms in total. The van der Waals surface area contributed by atoms with Crippen molar-refractivity contribution < 1.29 is 9.90 Å². The number of nitrogens with zero attached hydrogens (tertiary/aromatic N) is 1. The Morgan fingerprint density at radius 1 is 1.35 bits per heavy atom. The van der Waals surface area contributed by atoms with Crippen molar-refractivity contribution in [2.24, 2.45) is 0 Å². The van der Waals surface area contributed by atoms with Crippen molar-refractivity contribution in [3.05, 3.63) is 59.2 Å². The fraction of sp³-hybridized carbons (Fsp3) is 0.0625. The molecule has 1 aromatic heterocycles. The maximum atomic E-state index is 10.9. The molecule has 0 radical (unpaired) electrons. The van der Waals surface area contributed by atoms with Gasteiger partial charge in [0.25, 0.3) is 0 Å². The maximum Gasteiger partial charge on any atom is 0.335 e. The molecule has 3 N–H and O–H groups in total. The van der Waals surface area contributed by atoms with Gasteiger partial charge in [0, 0.05) is 17.1 Å². The number of carbonyl (C=O) groups is 1. The molecular weight excluding hydrogens is 252 g/mol. The van der Waals surface area contributed by atoms with Gasteiger partial charge in [0.05, 0.1) is 16.6 Å². The van der Waals surface area contributed by atoms with Gasteiger partial charge in [0.15, 0.2) is 0 Å². The van der Waals surface area contributed by atoms with E-state index < -0.39 is 5.97 Å². The molecule has 2 aromatic rings. The van der Waals surface area contributed by atoms with E-state index in [4.69, 9.17) is 10.8 Å². The number of carboxylic acid groups (broad SMARTS) is 1. The van der Waals surface area contributed by atoms with Crippen molar-refractivity contribution in [1.29, 1.82) is 0 Å². The third-order valence-electron chi connectivity index (χ3n) is 3.07. The summed E-state index contributed by atoms with van der Waals surface area (Å²) in [5, 5.41) is 10.8. The van der Waals surface area contributed by atoms with Crippen LogP contribution in [-0.2, 0) is 0 Å². The highest BCUT2D eigenvalue weighted by Gasteiger charge is 2.05. The Labute approximate surface area is 116 Å². The van der Waals surface area contributed by atoms with E-state index in [1.807, 2.05) is 29.8 Å². The minimum atomic E-state index is -0.938. The molecule has 2 rings (SSSR count). The predicted molar refractivity (Wildman–Crippen MR) is 81.2 cm³/mol. The lowest BCUT2D eigenvalue weighted by atomic mass is 10.2. The van der Waals surface area contributed by atoms with Crippen LogP contribution in [0.5, 0.6) is 0 Å². The summed E-state index contributed by atoms with van der Waals surface area (Å²) in [6.45, 7) is 5.61. The zero-order chi connectivity index (χ0) is 14.7. The van der Waals surface area contributed by atoms with E-state index >= 15 is 0 Å². The fourth-order valence-electron chi connectivity index (χ4n) is 2.13. The van der Waals surface area contributed by atoms with Gasteiger partial charge in [-0.1, -0.05) is 24.8 Å². The molecule has 0 saturated carbocycles. The molecule has 0 unspecified atom stereocenters. The van der Waals surface area contributed by atoms with Gasteiger partial charge in [-0.2, -0.15) is 0 Å². The van der Waals surface area contributed by atoms with Crippen molar-refractivity contribution in [2.45, 2.75) is 6.92 Å². The van der Waals surface area contributed by atoms with Crippen molar-refractivity contribution in [3.8, 4) is 5.69 Å². The molecule has 0 aliphatic heterocycles. The average molecular weight is 268 g/mol. The Bertz CT molecular complexity index is 768. The molecule has 102 valence electrons. The zero-order valence-electron chi connectivity index (χ0n) is 11.2. The number of allylic oxidation sites excluding steroid dienone is 1. The first-order chi connectivity index (χ1) is 9.58. The highest BCUT2D eigenvalue weighted by atomic mass is 16.4. The topological polar surface area (TPSA) is 68.2 Å². The molecule has 4 heteroatoms. The predicted octanol–water partition coefficient (Wildman–Crippen LogP) is 1.52. The number of aromatic carboxylic acids is 1. The third-order valence-corrected chi connectivity index (χ3v) is 3.07. The molecule has 0 amide bonds. The van der Waals surface area contributed by atoms with Gasteiger partial charge in [-0.3, -0.25) is 0 Å². The van der Waals surface area contributed by atoms with E-state index in [1.165, 1.54) is 0 Å². The van der Waals surface area contributed by atoms with Crippen LogP contribution in [0.25, 0.3) is 17.8 Å². The number of nitrogen functional groups attached to an aromatic ring is 1. The number of anilines is 1. The van der Waals surface area contributed by atoms with Gasteiger partial charge in [-0.05, 0) is 31.2 Å². The van der Waals surface area contributed by atoms with Crippen LogP contribution in [0.1, 0.15) is 17.3 Å². The van der Waals surface area contributed by atoms with Crippen molar-refractivity contribution >= 4 is 23.8 Å². The van der Waals surface area contributed by atoms with Crippen LogP contribution in [0.2, 0.25) is 0 Å². The molecule has 0 aliphatic carbocycles. The normalized spacial score (nSPS) is 12.7. The maximum absolute atomic E-state index is 10.9. The minimum Gasteiger partial charge on any atom is -0.478 e. The molecule has 0 bridgehead atoms. The van der Waals surface area contributed by atoms with Gasteiger partial charge in [0.1, 0.15) is 0 Å². The Hall–Kier alpha value is -2.75. The molecule has 0 saturated heterocycles. The molecule has 1 heterocycles. The lowest BCUT2D eigenvalue weighted by Crippen LogP contribution is -2.28. The molecule has 0 atom stereocenters. The number of aromatic nitrogens is 1. The van der Waals surface area contributed by atoms with Crippen molar-refractivity contribution in [3.63, 3.8) is 0 Å². The summed E-state index contributed by atoms with van der Waals surface area (Å²) >= 11 is 0. The summed E-state index contributed by atoms with van der Waals surface area (Å²) in [6, 6.07) is 6.66. The second-order valence-corrected chi connectivity index (χ2v) is 4.30. The summed E-state index contributed by atoms with van der Waals surface area (Å²) in [5.41, 5.74) is 7.78. The standard InChI is InChI=1S/C16H16N2O2/c1-3-5-13-14(17)10-18(15(13)4-2)12-8-6-11(7-9-12)16(19)20/h3-10H,1,17H2,2H3,(H,19,20)/b13-5-,15-4+. The Morgan fingerprint density at radius 3 is 2.50 bits per heavy atom. The Kier molecular flexibility index (Phi) is 3.75. The van der Waals surface area contributed by atoms with E-state index in [0.29, 0.717) is 5.69 Å². The van der Waals surface area contributed by atoms with E-state index in [0.717, 1.165) is 16.3 Å². The first-order valence-corrected chi connectivity index (χ1v) is 6.18. The number of hydrogen-bond donors (Lipinski definition) is 2. The molecule has 0 fully saturated rings. The quantitative estimate of drug-likeness (QED) is 0.887. The number of nitrogens with two attached hydrogens (primary N) is 1. The monoisotopic (exact) mass is 268 g/mol. The van der Waals surface area contributed by atoms with E-state index in [2.05, 4.69) is 6.58 Å². The Balaban J connectivity index is 2.65. The summed E-state index contributed by atoms with van der Waals surface area (Å²) in [6.07, 6.45) is 7.32. The molecule has 1 aromatic carbocycles. The van der Waals surface area contributed by atoms with Gasteiger partial charge in [-0.15, -0.1) is 0 Å². The highest BCUT2D eigenvalue weighted by Crippen LogP contribution is 2.09. The first kappa shape index (κ1) is 13.7. The molecule has 0 spiro atoms. The van der Waals surface area contributed by atoms with Crippen LogP contribution in [-0.4, -0.2) is 15.6 Å². The van der Waals surface area contributed by atoms with E-state index in [1.54, 1.807) is 30.3 Å². The lowest BCUT2D eigenvalue weighted by Gasteiger charge is -2.04. The first-order valence-electron chi connectivity index (χ1n) is 6.18. The van der Waals surface area contributed by atoms with Crippen LogP contribution in [0.3, 0.4) is 0 Å². The van der Waals surface area contributed by atoms with E-state index in [-0.39, 0.29) is 5.56 Å². The van der Waals surface area contributed by atoms with Gasteiger partial charge < -0.3 is 15.4 Å². The van der Waals surface area contributed by atoms with Crippen LogP contribution in [0, 0.1) is 0 Å².